The van der Waals surface area contributed by atoms with Crippen LogP contribution in [0.25, 0.3) is 0 Å². The average molecular weight is 305 g/mol. The van der Waals surface area contributed by atoms with Crippen LogP contribution in [0.4, 0.5) is 4.79 Å². The lowest BCUT2D eigenvalue weighted by Gasteiger charge is -2.24. The molecule has 0 fully saturated rings. The normalized spacial score (nSPS) is 19.2. The van der Waals surface area contributed by atoms with Gasteiger partial charge in [-0.15, -0.1) is 0 Å². The number of likely N-dealkylation sites (N-methyl/N-ethyl adjacent to an activating group) is 1. The number of aromatic nitrogens is 2. The molecule has 22 heavy (non-hydrogen) atoms. The number of hydrogen-bond acceptors (Lipinski definition) is 3. The Bertz CT molecular complexity index is 508. The van der Waals surface area contributed by atoms with Crippen LogP contribution < -0.4 is 10.6 Å². The van der Waals surface area contributed by atoms with Crippen LogP contribution in [0.15, 0.2) is 24.5 Å². The third-order valence-electron chi connectivity index (χ3n) is 4.12. The van der Waals surface area contributed by atoms with Gasteiger partial charge in [0, 0.05) is 31.9 Å². The first-order valence-electron chi connectivity index (χ1n) is 7.88. The number of nitrogens with one attached hydrogen (secondary N) is 2. The Morgan fingerprint density at radius 2 is 2.27 bits per heavy atom. The number of carbonyl (C=O) groups excluding carboxylic acids is 1. The molecule has 0 aromatic carbocycles. The van der Waals surface area contributed by atoms with Crippen molar-refractivity contribution < 1.29 is 4.79 Å². The molecule has 1 aromatic heterocycles. The highest BCUT2D eigenvalue weighted by atomic mass is 16.2. The van der Waals surface area contributed by atoms with Crippen LogP contribution in [0, 0.1) is 5.92 Å². The predicted octanol–water partition coefficient (Wildman–Crippen LogP) is 1.68. The summed E-state index contributed by atoms with van der Waals surface area (Å²) in [5.74, 6) is 0.568. The van der Waals surface area contributed by atoms with Gasteiger partial charge >= 0.3 is 6.03 Å². The van der Waals surface area contributed by atoms with Crippen LogP contribution in [-0.4, -0.2) is 47.9 Å². The minimum Gasteiger partial charge on any atom is -0.338 e. The Hall–Kier alpha value is -1.82. The van der Waals surface area contributed by atoms with Crippen LogP contribution in [0.1, 0.15) is 30.9 Å². The molecule has 0 bridgehead atoms. The lowest BCUT2D eigenvalue weighted by molar-refractivity contribution is 0.230. The maximum atomic E-state index is 12.0. The lowest BCUT2D eigenvalue weighted by atomic mass is 9.94. The van der Waals surface area contributed by atoms with Gasteiger partial charge in [-0.05, 0) is 39.3 Å². The minimum absolute atomic E-state index is 0.0923. The van der Waals surface area contributed by atoms with E-state index >= 15 is 0 Å². The van der Waals surface area contributed by atoms with Crippen LogP contribution in [0.3, 0.4) is 0 Å². The quantitative estimate of drug-likeness (QED) is 0.786. The first kappa shape index (κ1) is 16.5. The number of rotatable bonds is 6. The standard InChI is InChI=1S/C16H27N5O/c1-20(2)15(14-10-19-21(3)12-14)11-18-16(22)17-9-13-7-5-4-6-8-13/h4-5,10,12-13,15H,6-9,11H2,1-3H3,(H2,17,18,22)/t13-,15-/m1/s1. The molecule has 1 aromatic rings. The second kappa shape index (κ2) is 7.98. The van der Waals surface area contributed by atoms with E-state index in [0.717, 1.165) is 31.4 Å². The number of nitrogens with zero attached hydrogens (tertiary/aromatic N) is 3. The van der Waals surface area contributed by atoms with Crippen molar-refractivity contribution in [3.63, 3.8) is 0 Å². The third-order valence-corrected chi connectivity index (χ3v) is 4.12. The zero-order valence-electron chi connectivity index (χ0n) is 13.7. The van der Waals surface area contributed by atoms with Crippen molar-refractivity contribution in [2.45, 2.75) is 25.3 Å². The molecular weight excluding hydrogens is 278 g/mol. The van der Waals surface area contributed by atoms with E-state index in [2.05, 4.69) is 32.8 Å². The Morgan fingerprint density at radius 1 is 1.45 bits per heavy atom. The lowest BCUT2D eigenvalue weighted by Crippen LogP contribution is -2.42. The summed E-state index contributed by atoms with van der Waals surface area (Å²) < 4.78 is 1.78. The largest absolute Gasteiger partial charge is 0.338 e. The van der Waals surface area contributed by atoms with Gasteiger partial charge in [0.1, 0.15) is 0 Å². The molecule has 0 aliphatic heterocycles. The molecule has 1 aliphatic carbocycles. The zero-order chi connectivity index (χ0) is 15.9. The van der Waals surface area contributed by atoms with Gasteiger partial charge in [-0.3, -0.25) is 4.68 Å². The molecule has 0 unspecified atom stereocenters. The number of aryl methyl sites for hydroxylation is 1. The summed E-state index contributed by atoms with van der Waals surface area (Å²) >= 11 is 0. The van der Waals surface area contributed by atoms with Gasteiger partial charge in [-0.25, -0.2) is 4.79 Å². The summed E-state index contributed by atoms with van der Waals surface area (Å²) in [7, 11) is 5.91. The van der Waals surface area contributed by atoms with Gasteiger partial charge in [-0.1, -0.05) is 12.2 Å². The Balaban J connectivity index is 1.76. The zero-order valence-corrected chi connectivity index (χ0v) is 13.7. The molecule has 6 nitrogen and oxygen atoms in total. The van der Waals surface area contributed by atoms with Gasteiger partial charge in [0.25, 0.3) is 0 Å². The molecule has 0 saturated carbocycles. The number of amides is 2. The van der Waals surface area contributed by atoms with Gasteiger partial charge in [0.2, 0.25) is 0 Å². The Morgan fingerprint density at radius 3 is 2.86 bits per heavy atom. The average Bonchev–Trinajstić information content (AvgIpc) is 2.92. The fraction of sp³-hybridized carbons (Fsp3) is 0.625. The fourth-order valence-corrected chi connectivity index (χ4v) is 2.74. The summed E-state index contributed by atoms with van der Waals surface area (Å²) in [5.41, 5.74) is 1.10. The van der Waals surface area contributed by atoms with E-state index in [-0.39, 0.29) is 12.1 Å². The number of hydrogen-bond donors (Lipinski definition) is 2. The van der Waals surface area contributed by atoms with E-state index in [4.69, 9.17) is 0 Å². The Labute approximate surface area is 132 Å². The highest BCUT2D eigenvalue weighted by Gasteiger charge is 2.17. The second-order valence-corrected chi connectivity index (χ2v) is 6.17. The monoisotopic (exact) mass is 305 g/mol. The first-order chi connectivity index (χ1) is 10.6. The molecule has 1 aliphatic rings. The summed E-state index contributed by atoms with van der Waals surface area (Å²) in [4.78, 5) is 14.1. The predicted molar refractivity (Wildman–Crippen MR) is 87.5 cm³/mol. The highest BCUT2D eigenvalue weighted by Crippen LogP contribution is 2.17. The van der Waals surface area contributed by atoms with Crippen molar-refractivity contribution in [1.82, 2.24) is 25.3 Å². The molecule has 2 atom stereocenters. The maximum absolute atomic E-state index is 12.0. The molecule has 122 valence electrons. The van der Waals surface area contributed by atoms with E-state index in [1.54, 1.807) is 4.68 Å². The van der Waals surface area contributed by atoms with Gasteiger partial charge in [0.05, 0.1) is 12.2 Å². The van der Waals surface area contributed by atoms with Gasteiger partial charge < -0.3 is 15.5 Å². The fourth-order valence-electron chi connectivity index (χ4n) is 2.74. The van der Waals surface area contributed by atoms with Crippen molar-refractivity contribution in [3.8, 4) is 0 Å². The number of allylic oxidation sites excluding steroid dienone is 2. The van der Waals surface area contributed by atoms with Crippen LogP contribution in [-0.2, 0) is 7.05 Å². The van der Waals surface area contributed by atoms with E-state index < -0.39 is 0 Å². The van der Waals surface area contributed by atoms with Crippen molar-refractivity contribution in [2.75, 3.05) is 27.2 Å². The maximum Gasteiger partial charge on any atom is 0.314 e. The van der Waals surface area contributed by atoms with Crippen LogP contribution >= 0.6 is 0 Å². The van der Waals surface area contributed by atoms with E-state index in [1.165, 1.54) is 0 Å². The molecule has 0 saturated heterocycles. The summed E-state index contributed by atoms with van der Waals surface area (Å²) in [6.07, 6.45) is 11.6. The van der Waals surface area contributed by atoms with E-state index in [0.29, 0.717) is 12.5 Å². The molecule has 0 spiro atoms. The molecule has 2 amide bonds. The smallest absolute Gasteiger partial charge is 0.314 e. The van der Waals surface area contributed by atoms with Crippen molar-refractivity contribution in [2.24, 2.45) is 13.0 Å². The third kappa shape index (κ3) is 4.87. The van der Waals surface area contributed by atoms with Crippen LogP contribution in [0.5, 0.6) is 0 Å². The van der Waals surface area contributed by atoms with E-state index in [9.17, 15) is 4.79 Å². The number of carbonyl (C=O) groups is 1. The molecular formula is C16H27N5O. The summed E-state index contributed by atoms with van der Waals surface area (Å²) in [6, 6.07) is 0.0300. The van der Waals surface area contributed by atoms with Gasteiger partial charge in [-0.2, -0.15) is 5.10 Å². The summed E-state index contributed by atoms with van der Waals surface area (Å²) in [5, 5.41) is 10.1. The molecule has 0 radical (unpaired) electrons. The van der Waals surface area contributed by atoms with Crippen LogP contribution in [0.2, 0.25) is 0 Å². The Kier molecular flexibility index (Phi) is 6.00. The number of urea groups is 1. The first-order valence-corrected chi connectivity index (χ1v) is 7.88. The van der Waals surface area contributed by atoms with Gasteiger partial charge in [0.15, 0.2) is 0 Å². The second-order valence-electron chi connectivity index (χ2n) is 6.17. The van der Waals surface area contributed by atoms with Crippen molar-refractivity contribution in [3.05, 3.63) is 30.1 Å². The van der Waals surface area contributed by atoms with E-state index in [1.807, 2.05) is 33.5 Å². The summed E-state index contributed by atoms with van der Waals surface area (Å²) in [6.45, 7) is 1.31. The van der Waals surface area contributed by atoms with Crippen molar-refractivity contribution >= 4 is 6.03 Å². The minimum atomic E-state index is -0.0923. The SMILES string of the molecule is CN(C)[C@H](CNC(=O)NC[C@@H]1CC=CCC1)c1cnn(C)c1. The van der Waals surface area contributed by atoms with Crippen molar-refractivity contribution in [1.29, 1.82) is 0 Å². The molecule has 2 rings (SSSR count). The highest BCUT2D eigenvalue weighted by molar-refractivity contribution is 5.73. The molecule has 6 heteroatoms. The topological polar surface area (TPSA) is 62.2 Å². The molecule has 2 N–H and O–H groups in total. The molecule has 1 heterocycles.